The van der Waals surface area contributed by atoms with Crippen molar-refractivity contribution in [3.05, 3.63) is 121 Å². The molecule has 2 aromatic carbocycles. The van der Waals surface area contributed by atoms with Crippen LogP contribution in [0.25, 0.3) is 10.9 Å². The molecule has 42 heavy (non-hydrogen) atoms. The Kier molecular flexibility index (Phi) is 17.1. The van der Waals surface area contributed by atoms with E-state index < -0.39 is 0 Å². The fraction of sp³-hybridized carbons (Fsp3) is 0.436. The van der Waals surface area contributed by atoms with Crippen molar-refractivity contribution >= 4 is 10.9 Å². The molecule has 3 rings (SSSR count). The van der Waals surface area contributed by atoms with Gasteiger partial charge in [-0.05, 0) is 79.9 Å². The summed E-state index contributed by atoms with van der Waals surface area (Å²) in [5, 5.41) is 4.91. The number of allylic oxidation sites excluding steroid dienone is 3. The van der Waals surface area contributed by atoms with Gasteiger partial charge in [0.15, 0.2) is 0 Å². The number of hydrogen-bond donors (Lipinski definition) is 3. The van der Waals surface area contributed by atoms with Crippen molar-refractivity contribution in [1.29, 1.82) is 0 Å². The molecule has 4 N–H and O–H groups in total. The van der Waals surface area contributed by atoms with Gasteiger partial charge in [0.1, 0.15) is 0 Å². The summed E-state index contributed by atoms with van der Waals surface area (Å²) in [7, 11) is 0. The van der Waals surface area contributed by atoms with Gasteiger partial charge in [0.25, 0.3) is 0 Å². The first-order valence-corrected chi connectivity index (χ1v) is 15.6. The van der Waals surface area contributed by atoms with Gasteiger partial charge in [0.05, 0.1) is 0 Å². The van der Waals surface area contributed by atoms with E-state index in [2.05, 4.69) is 128 Å². The van der Waals surface area contributed by atoms with Gasteiger partial charge >= 0.3 is 0 Å². The molecule has 0 aliphatic heterocycles. The Morgan fingerprint density at radius 2 is 1.48 bits per heavy atom. The molecular formula is C39H59N3. The van der Waals surface area contributed by atoms with Crippen molar-refractivity contribution in [1.82, 2.24) is 10.3 Å². The molecule has 230 valence electrons. The third-order valence-electron chi connectivity index (χ3n) is 7.28. The molecule has 1 aromatic heterocycles. The number of aromatic nitrogens is 1. The number of benzene rings is 2. The third-order valence-corrected chi connectivity index (χ3v) is 7.28. The summed E-state index contributed by atoms with van der Waals surface area (Å²) in [6, 6.07) is 19.1. The SMILES string of the molecule is C=C(N)CCc1ccccc1.C=C(NC(CC(C)C)C(=C)C)C(C)Cc1c[nH]c2ccccc12.C=CC(C)CC(C)C. The second-order valence-corrected chi connectivity index (χ2v) is 12.6. The van der Waals surface area contributed by atoms with Gasteiger partial charge in [-0.2, -0.15) is 0 Å². The zero-order valence-corrected chi connectivity index (χ0v) is 27.7. The molecule has 3 nitrogen and oxygen atoms in total. The first-order valence-electron chi connectivity index (χ1n) is 15.6. The molecule has 0 spiro atoms. The monoisotopic (exact) mass is 569 g/mol. The summed E-state index contributed by atoms with van der Waals surface area (Å²) in [5.41, 5.74) is 12.4. The summed E-state index contributed by atoms with van der Waals surface area (Å²) in [5.74, 6) is 2.52. The summed E-state index contributed by atoms with van der Waals surface area (Å²) in [6.45, 7) is 31.3. The van der Waals surface area contributed by atoms with Crippen LogP contribution >= 0.6 is 0 Å². The lowest BCUT2D eigenvalue weighted by Gasteiger charge is -2.26. The molecule has 0 aliphatic rings. The Hall–Kier alpha value is -3.46. The number of nitrogens with one attached hydrogen (secondary N) is 2. The Labute approximate surface area is 258 Å². The molecule has 0 saturated heterocycles. The minimum atomic E-state index is 0.313. The molecule has 0 saturated carbocycles. The van der Waals surface area contributed by atoms with Crippen LogP contribution in [0.2, 0.25) is 0 Å². The highest BCUT2D eigenvalue weighted by Crippen LogP contribution is 2.23. The summed E-state index contributed by atoms with van der Waals surface area (Å²) < 4.78 is 0. The lowest BCUT2D eigenvalue weighted by Crippen LogP contribution is -2.33. The van der Waals surface area contributed by atoms with Crippen LogP contribution < -0.4 is 11.1 Å². The highest BCUT2D eigenvalue weighted by Gasteiger charge is 2.16. The van der Waals surface area contributed by atoms with Crippen LogP contribution in [0.4, 0.5) is 0 Å². The maximum Gasteiger partial charge on any atom is 0.0467 e. The Bertz CT molecular complexity index is 1210. The van der Waals surface area contributed by atoms with Crippen molar-refractivity contribution in [2.75, 3.05) is 0 Å². The van der Waals surface area contributed by atoms with Gasteiger partial charge in [-0.1, -0.05) is 121 Å². The van der Waals surface area contributed by atoms with E-state index in [1.165, 1.54) is 34.0 Å². The normalized spacial score (nSPS) is 12.8. The first-order chi connectivity index (χ1) is 19.8. The van der Waals surface area contributed by atoms with Crippen LogP contribution in [0.15, 0.2) is 110 Å². The van der Waals surface area contributed by atoms with Gasteiger partial charge in [0.2, 0.25) is 0 Å². The molecule has 3 aromatic rings. The van der Waals surface area contributed by atoms with E-state index in [0.717, 1.165) is 43.0 Å². The van der Waals surface area contributed by atoms with E-state index in [1.807, 2.05) is 24.3 Å². The molecule has 3 heteroatoms. The number of nitrogens with two attached hydrogens (primary N) is 1. The molecule has 0 fully saturated rings. The molecule has 0 aliphatic carbocycles. The fourth-order valence-electron chi connectivity index (χ4n) is 4.76. The van der Waals surface area contributed by atoms with Crippen LogP contribution in [0.1, 0.15) is 78.9 Å². The molecule has 1 heterocycles. The quantitative estimate of drug-likeness (QED) is 0.169. The largest absolute Gasteiger partial charge is 0.403 e. The van der Waals surface area contributed by atoms with Crippen LogP contribution in [0.3, 0.4) is 0 Å². The topological polar surface area (TPSA) is 53.8 Å². The molecule has 3 unspecified atom stereocenters. The lowest BCUT2D eigenvalue weighted by molar-refractivity contribution is 0.464. The average Bonchev–Trinajstić information content (AvgIpc) is 3.34. The summed E-state index contributed by atoms with van der Waals surface area (Å²) >= 11 is 0. The van der Waals surface area contributed by atoms with Gasteiger partial charge < -0.3 is 16.0 Å². The van der Waals surface area contributed by atoms with E-state index >= 15 is 0 Å². The van der Waals surface area contributed by atoms with Crippen molar-refractivity contribution in [3.63, 3.8) is 0 Å². The van der Waals surface area contributed by atoms with Gasteiger partial charge in [-0.3, -0.25) is 0 Å². The zero-order chi connectivity index (χ0) is 31.7. The van der Waals surface area contributed by atoms with E-state index in [4.69, 9.17) is 5.73 Å². The van der Waals surface area contributed by atoms with Gasteiger partial charge in [-0.15, -0.1) is 6.58 Å². The van der Waals surface area contributed by atoms with Crippen molar-refractivity contribution in [3.8, 4) is 0 Å². The van der Waals surface area contributed by atoms with E-state index in [1.54, 1.807) is 0 Å². The van der Waals surface area contributed by atoms with E-state index in [9.17, 15) is 0 Å². The summed E-state index contributed by atoms with van der Waals surface area (Å²) in [6.07, 6.45) is 9.36. The highest BCUT2D eigenvalue weighted by atomic mass is 14.9. The second-order valence-electron chi connectivity index (χ2n) is 12.6. The molecule has 0 bridgehead atoms. The molecule has 3 atom stereocenters. The van der Waals surface area contributed by atoms with Crippen LogP contribution in [0.5, 0.6) is 0 Å². The lowest BCUT2D eigenvalue weighted by atomic mass is 9.95. The maximum absolute atomic E-state index is 5.45. The maximum atomic E-state index is 5.45. The molecule has 0 amide bonds. The number of para-hydroxylation sites is 1. The fourth-order valence-corrected chi connectivity index (χ4v) is 4.76. The smallest absolute Gasteiger partial charge is 0.0467 e. The number of hydrogen-bond acceptors (Lipinski definition) is 2. The highest BCUT2D eigenvalue weighted by molar-refractivity contribution is 5.83. The van der Waals surface area contributed by atoms with E-state index in [-0.39, 0.29) is 0 Å². The van der Waals surface area contributed by atoms with E-state index in [0.29, 0.717) is 23.8 Å². The number of rotatable bonds is 14. The Morgan fingerprint density at radius 1 is 0.881 bits per heavy atom. The van der Waals surface area contributed by atoms with Gasteiger partial charge in [0, 0.05) is 34.5 Å². The first kappa shape index (κ1) is 36.6. The Morgan fingerprint density at radius 3 is 2.00 bits per heavy atom. The predicted octanol–water partition coefficient (Wildman–Crippen LogP) is 10.4. The van der Waals surface area contributed by atoms with Crippen LogP contribution in [0, 0.1) is 23.7 Å². The third kappa shape index (κ3) is 15.0. The average molecular weight is 570 g/mol. The number of fused-ring (bicyclic) bond motifs is 1. The Balaban J connectivity index is 0.000000383. The standard InChI is InChI=1S/C21H30N2.C10H13N.C8H16/c1-14(2)11-21(15(3)4)23-17(6)16(5)12-18-13-22-20-10-8-7-9-19(18)20;1-9(11)7-8-10-5-3-2-4-6-10;1-5-8(4)6-7(2)3/h7-10,13-14,16,21-23H,3,6,11-12H2,1-2,4-5H3;2-6H,1,7-8,11H2;5,7-8H,1,6H2,2-4H3. The summed E-state index contributed by atoms with van der Waals surface area (Å²) in [4.78, 5) is 3.35. The second kappa shape index (κ2) is 19.6. The van der Waals surface area contributed by atoms with Crippen LogP contribution in [-0.4, -0.2) is 11.0 Å². The minimum Gasteiger partial charge on any atom is -0.403 e. The minimum absolute atomic E-state index is 0.313. The van der Waals surface area contributed by atoms with Crippen LogP contribution in [-0.2, 0) is 12.8 Å². The van der Waals surface area contributed by atoms with Gasteiger partial charge in [-0.25, -0.2) is 0 Å². The predicted molar refractivity (Wildman–Crippen MR) is 188 cm³/mol. The molecule has 0 radical (unpaired) electrons. The number of H-pyrrole nitrogens is 1. The number of aryl methyl sites for hydroxylation is 1. The van der Waals surface area contributed by atoms with Crippen molar-refractivity contribution in [2.24, 2.45) is 29.4 Å². The number of aromatic amines is 1. The molecular weight excluding hydrogens is 510 g/mol. The van der Waals surface area contributed by atoms with Crippen molar-refractivity contribution < 1.29 is 0 Å². The zero-order valence-electron chi connectivity index (χ0n) is 27.7. The van der Waals surface area contributed by atoms with Crippen molar-refractivity contribution in [2.45, 2.75) is 86.6 Å².